The molecule has 0 atom stereocenters. The summed E-state index contributed by atoms with van der Waals surface area (Å²) in [7, 11) is 0. The van der Waals surface area contributed by atoms with Gasteiger partial charge in [0.05, 0.1) is 17.4 Å². The van der Waals surface area contributed by atoms with Gasteiger partial charge in [-0.15, -0.1) is 5.10 Å². The predicted octanol–water partition coefficient (Wildman–Crippen LogP) is 5.54. The van der Waals surface area contributed by atoms with Gasteiger partial charge in [-0.1, -0.05) is 29.5 Å². The van der Waals surface area contributed by atoms with Crippen molar-refractivity contribution in [2.75, 3.05) is 0 Å². The number of aromatic carboxylic acids is 1. The molecule has 0 saturated carbocycles. The Balaban J connectivity index is 2.13. The maximum absolute atomic E-state index is 14.4. The summed E-state index contributed by atoms with van der Waals surface area (Å²) in [6.45, 7) is 2.42. The van der Waals surface area contributed by atoms with E-state index in [9.17, 15) is 40.6 Å². The molecular formula is C20H14F7N3O2. The molecule has 0 fully saturated rings. The highest BCUT2D eigenvalue weighted by Gasteiger charge is 2.73. The van der Waals surface area contributed by atoms with Crippen LogP contribution in [0.5, 0.6) is 0 Å². The average Bonchev–Trinajstić information content (AvgIpc) is 3.14. The number of para-hydroxylation sites is 1. The van der Waals surface area contributed by atoms with Crippen molar-refractivity contribution in [1.82, 2.24) is 15.0 Å². The molecule has 5 nitrogen and oxygen atoms in total. The molecule has 0 radical (unpaired) electrons. The van der Waals surface area contributed by atoms with E-state index in [1.165, 1.54) is 38.2 Å². The molecule has 0 bridgehead atoms. The lowest BCUT2D eigenvalue weighted by atomic mass is 9.88. The smallest absolute Gasteiger partial charge is 0.435 e. The molecule has 0 saturated heterocycles. The molecule has 0 spiro atoms. The van der Waals surface area contributed by atoms with Crippen LogP contribution in [0.1, 0.15) is 27.0 Å². The van der Waals surface area contributed by atoms with Gasteiger partial charge in [0, 0.05) is 11.1 Å². The Morgan fingerprint density at radius 3 is 1.97 bits per heavy atom. The fraction of sp³-hybridized carbons (Fsp3) is 0.250. The van der Waals surface area contributed by atoms with E-state index >= 15 is 0 Å². The second kappa shape index (κ2) is 7.61. The van der Waals surface area contributed by atoms with Crippen LogP contribution < -0.4 is 0 Å². The van der Waals surface area contributed by atoms with Gasteiger partial charge < -0.3 is 5.11 Å². The minimum atomic E-state index is -6.23. The molecule has 0 amide bonds. The van der Waals surface area contributed by atoms with E-state index in [1.807, 2.05) is 0 Å². The number of aromatic nitrogens is 3. The van der Waals surface area contributed by atoms with Crippen LogP contribution in [0.3, 0.4) is 0 Å². The normalized spacial score (nSPS) is 12.8. The van der Waals surface area contributed by atoms with Gasteiger partial charge in [-0.3, -0.25) is 0 Å². The van der Waals surface area contributed by atoms with E-state index in [0.29, 0.717) is 12.1 Å². The largest absolute Gasteiger partial charge is 0.478 e. The third kappa shape index (κ3) is 3.69. The highest BCUT2D eigenvalue weighted by atomic mass is 19.4. The first-order chi connectivity index (χ1) is 14.7. The summed E-state index contributed by atoms with van der Waals surface area (Å²) in [5.41, 5.74) is -7.13. The number of alkyl halides is 7. The number of carbonyl (C=O) groups is 1. The third-order valence-corrected chi connectivity index (χ3v) is 4.84. The number of benzene rings is 2. The average molecular weight is 461 g/mol. The maximum atomic E-state index is 14.4. The van der Waals surface area contributed by atoms with Crippen molar-refractivity contribution in [2.45, 2.75) is 31.9 Å². The van der Waals surface area contributed by atoms with Crippen molar-refractivity contribution < 1.29 is 40.6 Å². The summed E-state index contributed by atoms with van der Waals surface area (Å²) in [6.07, 6.45) is -11.2. The van der Waals surface area contributed by atoms with Crippen molar-refractivity contribution in [3.05, 3.63) is 64.8 Å². The SMILES string of the molecule is Cc1cc(C(F)(C(F)(F)F)C(F)(F)F)cc(C)c1-c1cn(-c2ccccc2C(=O)O)nn1. The Morgan fingerprint density at radius 2 is 1.47 bits per heavy atom. The molecule has 0 aliphatic heterocycles. The van der Waals surface area contributed by atoms with Crippen LogP contribution in [0.15, 0.2) is 42.6 Å². The zero-order chi connectivity index (χ0) is 24.1. The summed E-state index contributed by atoms with van der Waals surface area (Å²) in [6, 6.07) is 6.72. The van der Waals surface area contributed by atoms with E-state index in [0.717, 1.165) is 4.68 Å². The first-order valence-corrected chi connectivity index (χ1v) is 8.88. The lowest BCUT2D eigenvalue weighted by Gasteiger charge is -2.31. The quantitative estimate of drug-likeness (QED) is 0.519. The maximum Gasteiger partial charge on any atom is 0.435 e. The number of hydrogen-bond donors (Lipinski definition) is 1. The number of halogens is 7. The molecule has 0 aliphatic rings. The fourth-order valence-electron chi connectivity index (χ4n) is 3.40. The van der Waals surface area contributed by atoms with Crippen molar-refractivity contribution in [3.8, 4) is 16.9 Å². The van der Waals surface area contributed by atoms with Crippen LogP contribution in [-0.2, 0) is 5.67 Å². The second-order valence-corrected chi connectivity index (χ2v) is 7.01. The standard InChI is InChI=1S/C20H14F7N3O2/c1-10-7-12(18(21,19(22,23)24)20(25,26)27)8-11(2)16(10)14-9-30(29-28-14)15-6-4-3-5-13(15)17(31)32/h3-9H,1-2H3,(H,31,32). The summed E-state index contributed by atoms with van der Waals surface area (Å²) in [4.78, 5) is 11.4. The Morgan fingerprint density at radius 1 is 0.938 bits per heavy atom. The Hall–Kier alpha value is -3.44. The Bertz CT molecular complexity index is 1150. The molecule has 0 aliphatic carbocycles. The summed E-state index contributed by atoms with van der Waals surface area (Å²) >= 11 is 0. The van der Waals surface area contributed by atoms with Crippen molar-refractivity contribution >= 4 is 5.97 Å². The van der Waals surface area contributed by atoms with Crippen LogP contribution in [0.2, 0.25) is 0 Å². The summed E-state index contributed by atoms with van der Waals surface area (Å²) in [5.74, 6) is -1.24. The van der Waals surface area contributed by atoms with Gasteiger partial charge in [-0.2, -0.15) is 26.3 Å². The van der Waals surface area contributed by atoms with Gasteiger partial charge in [-0.05, 0) is 37.1 Å². The first-order valence-electron chi connectivity index (χ1n) is 8.88. The molecule has 1 N–H and O–H groups in total. The summed E-state index contributed by atoms with van der Waals surface area (Å²) in [5, 5.41) is 17.0. The van der Waals surface area contributed by atoms with Crippen molar-refractivity contribution in [2.24, 2.45) is 0 Å². The molecular weight excluding hydrogens is 447 g/mol. The molecule has 3 rings (SSSR count). The number of nitrogens with zero attached hydrogens (tertiary/aromatic N) is 3. The Labute approximate surface area is 176 Å². The fourth-order valence-corrected chi connectivity index (χ4v) is 3.40. The van der Waals surface area contributed by atoms with Crippen LogP contribution in [0.4, 0.5) is 30.7 Å². The molecule has 12 heteroatoms. The molecule has 170 valence electrons. The van der Waals surface area contributed by atoms with Gasteiger partial charge in [0.2, 0.25) is 0 Å². The van der Waals surface area contributed by atoms with Gasteiger partial charge in [-0.25, -0.2) is 13.9 Å². The molecule has 1 aromatic heterocycles. The topological polar surface area (TPSA) is 68.0 Å². The summed E-state index contributed by atoms with van der Waals surface area (Å²) < 4.78 is 94.1. The van der Waals surface area contributed by atoms with Crippen LogP contribution in [0.25, 0.3) is 16.9 Å². The van der Waals surface area contributed by atoms with E-state index in [1.54, 1.807) is 6.07 Å². The lowest BCUT2D eigenvalue weighted by molar-refractivity contribution is -0.348. The number of carboxylic acid groups (broad SMARTS) is 1. The van der Waals surface area contributed by atoms with Gasteiger partial charge >= 0.3 is 24.0 Å². The molecule has 1 heterocycles. The Kier molecular flexibility index (Phi) is 5.52. The number of hydrogen-bond acceptors (Lipinski definition) is 3. The second-order valence-electron chi connectivity index (χ2n) is 7.01. The number of rotatable bonds is 4. The van der Waals surface area contributed by atoms with E-state index in [2.05, 4.69) is 10.3 Å². The predicted molar refractivity (Wildman–Crippen MR) is 98.1 cm³/mol. The monoisotopic (exact) mass is 461 g/mol. The minimum Gasteiger partial charge on any atom is -0.478 e. The van der Waals surface area contributed by atoms with Crippen molar-refractivity contribution in [1.29, 1.82) is 0 Å². The zero-order valence-electron chi connectivity index (χ0n) is 16.4. The third-order valence-electron chi connectivity index (χ3n) is 4.84. The number of carboxylic acids is 1. The van der Waals surface area contributed by atoms with E-state index in [4.69, 9.17) is 0 Å². The minimum absolute atomic E-state index is 0.0511. The molecule has 0 unspecified atom stereocenters. The molecule has 32 heavy (non-hydrogen) atoms. The van der Waals surface area contributed by atoms with E-state index in [-0.39, 0.29) is 33.6 Å². The highest BCUT2D eigenvalue weighted by molar-refractivity contribution is 5.91. The van der Waals surface area contributed by atoms with Crippen LogP contribution in [-0.4, -0.2) is 38.4 Å². The number of aryl methyl sites for hydroxylation is 2. The van der Waals surface area contributed by atoms with Gasteiger partial charge in [0.15, 0.2) is 0 Å². The van der Waals surface area contributed by atoms with Crippen LogP contribution in [0, 0.1) is 13.8 Å². The highest BCUT2D eigenvalue weighted by Crippen LogP contribution is 2.53. The lowest BCUT2D eigenvalue weighted by Crippen LogP contribution is -2.50. The van der Waals surface area contributed by atoms with E-state index < -0.39 is 29.6 Å². The van der Waals surface area contributed by atoms with Gasteiger partial charge in [0.1, 0.15) is 5.69 Å². The van der Waals surface area contributed by atoms with Crippen LogP contribution >= 0.6 is 0 Å². The van der Waals surface area contributed by atoms with Gasteiger partial charge in [0.25, 0.3) is 0 Å². The first kappa shape index (κ1) is 23.2. The van der Waals surface area contributed by atoms with Crippen molar-refractivity contribution in [3.63, 3.8) is 0 Å². The molecule has 2 aromatic carbocycles. The molecule has 3 aromatic rings. The zero-order valence-corrected chi connectivity index (χ0v) is 16.4.